The van der Waals surface area contributed by atoms with Crippen molar-refractivity contribution < 1.29 is 4.42 Å². The third kappa shape index (κ3) is 3.08. The number of piperidine rings is 2. The first-order valence-electron chi connectivity index (χ1n) is 7.91. The number of nitrogens with one attached hydrogen (secondary N) is 1. The van der Waals surface area contributed by atoms with Crippen LogP contribution in [0, 0.1) is 5.92 Å². The smallest absolute Gasteiger partial charge is 0.118 e. The first-order valence-corrected chi connectivity index (χ1v) is 7.91. The van der Waals surface area contributed by atoms with E-state index in [0.29, 0.717) is 0 Å². The largest absolute Gasteiger partial charge is 0.463 e. The highest BCUT2D eigenvalue weighted by Crippen LogP contribution is 2.30. The minimum absolute atomic E-state index is 0.815. The molecule has 0 saturated carbocycles. The lowest BCUT2D eigenvalue weighted by Crippen LogP contribution is -2.52. The zero-order chi connectivity index (χ0) is 13.9. The van der Waals surface area contributed by atoms with E-state index in [9.17, 15) is 0 Å². The molecule has 3 heterocycles. The van der Waals surface area contributed by atoms with Crippen LogP contribution in [0.25, 0.3) is 0 Å². The van der Waals surface area contributed by atoms with Crippen LogP contribution < -0.4 is 5.32 Å². The van der Waals surface area contributed by atoms with Crippen molar-refractivity contribution in [3.63, 3.8) is 0 Å². The third-order valence-corrected chi connectivity index (χ3v) is 4.88. The number of fused-ring (bicyclic) bond motifs is 1. The molecule has 1 aromatic heterocycles. The summed E-state index contributed by atoms with van der Waals surface area (Å²) in [5, 5.41) is 3.13. The van der Waals surface area contributed by atoms with Crippen LogP contribution in [-0.4, -0.2) is 49.6 Å². The molecule has 4 nitrogen and oxygen atoms in total. The molecular formula is C16H27N3O. The van der Waals surface area contributed by atoms with Gasteiger partial charge in [0, 0.05) is 19.1 Å². The molecule has 0 spiro atoms. The summed E-state index contributed by atoms with van der Waals surface area (Å²) in [7, 11) is 4.25. The molecule has 2 aliphatic rings. The van der Waals surface area contributed by atoms with Crippen LogP contribution in [-0.2, 0) is 13.1 Å². The van der Waals surface area contributed by atoms with E-state index >= 15 is 0 Å². The van der Waals surface area contributed by atoms with E-state index < -0.39 is 0 Å². The Bertz CT molecular complexity index is 431. The van der Waals surface area contributed by atoms with Crippen molar-refractivity contribution in [2.45, 2.75) is 38.4 Å². The fraction of sp³-hybridized carbons (Fsp3) is 0.750. The van der Waals surface area contributed by atoms with E-state index in [4.69, 9.17) is 4.42 Å². The van der Waals surface area contributed by atoms with E-state index in [1.165, 1.54) is 38.9 Å². The van der Waals surface area contributed by atoms with Crippen molar-refractivity contribution in [1.82, 2.24) is 15.1 Å². The van der Waals surface area contributed by atoms with E-state index in [1.807, 2.05) is 7.05 Å². The highest BCUT2D eigenvalue weighted by atomic mass is 16.3. The van der Waals surface area contributed by atoms with Gasteiger partial charge in [0.25, 0.3) is 0 Å². The van der Waals surface area contributed by atoms with Crippen molar-refractivity contribution in [3.8, 4) is 0 Å². The second-order valence-electron chi connectivity index (χ2n) is 6.37. The SMILES string of the molecule is CNCc1ccc(CN2CCC3C(CCCN3C)C2)o1. The maximum Gasteiger partial charge on any atom is 0.118 e. The molecule has 4 heteroatoms. The van der Waals surface area contributed by atoms with Gasteiger partial charge in [-0.15, -0.1) is 0 Å². The first kappa shape index (κ1) is 14.1. The number of rotatable bonds is 4. The molecule has 2 fully saturated rings. The van der Waals surface area contributed by atoms with Crippen LogP contribution in [0.1, 0.15) is 30.8 Å². The fourth-order valence-electron chi connectivity index (χ4n) is 3.87. The lowest BCUT2D eigenvalue weighted by atomic mass is 9.84. The molecule has 2 unspecified atom stereocenters. The van der Waals surface area contributed by atoms with Gasteiger partial charge in [0.15, 0.2) is 0 Å². The van der Waals surface area contributed by atoms with Gasteiger partial charge < -0.3 is 14.6 Å². The second-order valence-corrected chi connectivity index (χ2v) is 6.37. The average Bonchev–Trinajstić information content (AvgIpc) is 2.87. The Labute approximate surface area is 122 Å². The minimum atomic E-state index is 0.815. The van der Waals surface area contributed by atoms with Gasteiger partial charge in [0.1, 0.15) is 11.5 Å². The zero-order valence-corrected chi connectivity index (χ0v) is 12.8. The molecular weight excluding hydrogens is 250 g/mol. The summed E-state index contributed by atoms with van der Waals surface area (Å²) >= 11 is 0. The molecule has 2 atom stereocenters. The average molecular weight is 277 g/mol. The van der Waals surface area contributed by atoms with E-state index in [-0.39, 0.29) is 0 Å². The molecule has 0 amide bonds. The van der Waals surface area contributed by atoms with Gasteiger partial charge in [-0.05, 0) is 58.0 Å². The molecule has 2 saturated heterocycles. The molecule has 3 rings (SSSR count). The quantitative estimate of drug-likeness (QED) is 0.911. The number of likely N-dealkylation sites (tertiary alicyclic amines) is 2. The van der Waals surface area contributed by atoms with Crippen molar-refractivity contribution in [3.05, 3.63) is 23.7 Å². The molecule has 2 aliphatic heterocycles. The van der Waals surface area contributed by atoms with Crippen LogP contribution in [0.4, 0.5) is 0 Å². The number of nitrogens with zero attached hydrogens (tertiary/aromatic N) is 2. The highest BCUT2D eigenvalue weighted by Gasteiger charge is 2.34. The lowest BCUT2D eigenvalue weighted by molar-refractivity contribution is 0.0328. The molecule has 0 aliphatic carbocycles. The Hall–Kier alpha value is -0.840. The van der Waals surface area contributed by atoms with E-state index in [2.05, 4.69) is 34.3 Å². The second kappa shape index (κ2) is 6.29. The number of hydrogen-bond donors (Lipinski definition) is 1. The Morgan fingerprint density at radius 1 is 1.25 bits per heavy atom. The number of furan rings is 1. The number of hydrogen-bond acceptors (Lipinski definition) is 4. The topological polar surface area (TPSA) is 31.6 Å². The molecule has 112 valence electrons. The third-order valence-electron chi connectivity index (χ3n) is 4.88. The van der Waals surface area contributed by atoms with Gasteiger partial charge >= 0.3 is 0 Å². The lowest BCUT2D eigenvalue weighted by Gasteiger charge is -2.45. The Morgan fingerprint density at radius 3 is 2.95 bits per heavy atom. The maximum atomic E-state index is 5.87. The van der Waals surface area contributed by atoms with Crippen LogP contribution in [0.15, 0.2) is 16.5 Å². The van der Waals surface area contributed by atoms with Gasteiger partial charge in [-0.3, -0.25) is 4.90 Å². The summed E-state index contributed by atoms with van der Waals surface area (Å²) in [6.45, 7) is 5.50. The van der Waals surface area contributed by atoms with Crippen LogP contribution >= 0.6 is 0 Å². The van der Waals surface area contributed by atoms with Gasteiger partial charge in [-0.2, -0.15) is 0 Å². The standard InChI is InChI=1S/C16H27N3O/c1-17-10-14-5-6-15(20-14)12-19-9-7-16-13(11-19)4-3-8-18(16)2/h5-6,13,16-17H,3-4,7-12H2,1-2H3. The fourth-order valence-corrected chi connectivity index (χ4v) is 3.87. The summed E-state index contributed by atoms with van der Waals surface area (Å²) in [5.41, 5.74) is 0. The molecule has 0 aromatic carbocycles. The zero-order valence-electron chi connectivity index (χ0n) is 12.8. The summed E-state index contributed by atoms with van der Waals surface area (Å²) in [4.78, 5) is 5.14. The van der Waals surface area contributed by atoms with Crippen molar-refractivity contribution in [2.24, 2.45) is 5.92 Å². The normalized spacial score (nSPS) is 28.5. The summed E-state index contributed by atoms with van der Waals surface area (Å²) in [6.07, 6.45) is 4.07. The maximum absolute atomic E-state index is 5.87. The van der Waals surface area contributed by atoms with Crippen LogP contribution in [0.3, 0.4) is 0 Å². The molecule has 0 radical (unpaired) electrons. The monoisotopic (exact) mass is 277 g/mol. The molecule has 1 N–H and O–H groups in total. The van der Waals surface area contributed by atoms with Crippen molar-refractivity contribution in [2.75, 3.05) is 33.7 Å². The Balaban J connectivity index is 1.56. The van der Waals surface area contributed by atoms with E-state index in [1.54, 1.807) is 0 Å². The van der Waals surface area contributed by atoms with Gasteiger partial charge in [0.05, 0.1) is 13.1 Å². The molecule has 20 heavy (non-hydrogen) atoms. The van der Waals surface area contributed by atoms with Crippen molar-refractivity contribution in [1.29, 1.82) is 0 Å². The predicted molar refractivity (Wildman–Crippen MR) is 80.5 cm³/mol. The molecule has 1 aromatic rings. The minimum Gasteiger partial charge on any atom is -0.463 e. The van der Waals surface area contributed by atoms with Crippen molar-refractivity contribution >= 4 is 0 Å². The first-order chi connectivity index (χ1) is 9.76. The Kier molecular flexibility index (Phi) is 4.44. The van der Waals surface area contributed by atoms with E-state index in [0.717, 1.165) is 36.6 Å². The van der Waals surface area contributed by atoms with Gasteiger partial charge in [-0.1, -0.05) is 0 Å². The summed E-state index contributed by atoms with van der Waals surface area (Å²) in [6, 6.07) is 5.04. The van der Waals surface area contributed by atoms with Gasteiger partial charge in [0.2, 0.25) is 0 Å². The predicted octanol–water partition coefficient (Wildman–Crippen LogP) is 1.92. The summed E-state index contributed by atoms with van der Waals surface area (Å²) in [5.74, 6) is 3.00. The molecule has 0 bridgehead atoms. The highest BCUT2D eigenvalue weighted by molar-refractivity contribution is 5.07. The van der Waals surface area contributed by atoms with Crippen LogP contribution in [0.2, 0.25) is 0 Å². The van der Waals surface area contributed by atoms with Crippen LogP contribution in [0.5, 0.6) is 0 Å². The Morgan fingerprint density at radius 2 is 2.10 bits per heavy atom. The summed E-state index contributed by atoms with van der Waals surface area (Å²) < 4.78 is 5.87. The van der Waals surface area contributed by atoms with Gasteiger partial charge in [-0.25, -0.2) is 0 Å².